The Hall–Kier alpha value is -1.65. The van der Waals surface area contributed by atoms with Crippen LogP contribution in [-0.4, -0.2) is 37.0 Å². The van der Waals surface area contributed by atoms with Gasteiger partial charge in [-0.2, -0.15) is 0 Å². The predicted octanol–water partition coefficient (Wildman–Crippen LogP) is 3.80. The van der Waals surface area contributed by atoms with Gasteiger partial charge in [0, 0.05) is 18.7 Å². The Morgan fingerprint density at radius 2 is 1.75 bits per heavy atom. The van der Waals surface area contributed by atoms with Gasteiger partial charge in [-0.1, -0.05) is 29.8 Å². The van der Waals surface area contributed by atoms with Crippen LogP contribution in [0.25, 0.3) is 11.1 Å². The van der Waals surface area contributed by atoms with E-state index in [2.05, 4.69) is 47.5 Å². The Morgan fingerprint density at radius 1 is 1.08 bits per heavy atom. The van der Waals surface area contributed by atoms with Gasteiger partial charge in [-0.3, -0.25) is 4.79 Å². The number of nitrogens with one attached hydrogen (secondary N) is 1. The molecule has 0 bridgehead atoms. The number of carbonyl (C=O) groups is 1. The Labute approximate surface area is 147 Å². The lowest BCUT2D eigenvalue weighted by atomic mass is 9.92. The van der Waals surface area contributed by atoms with E-state index < -0.39 is 0 Å². The van der Waals surface area contributed by atoms with Gasteiger partial charge in [-0.05, 0) is 61.7 Å². The highest BCUT2D eigenvalue weighted by Crippen LogP contribution is 2.32. The molecule has 1 N–H and O–H groups in total. The molecule has 2 fully saturated rings. The Balaban J connectivity index is 1.55. The highest BCUT2D eigenvalue weighted by Gasteiger charge is 2.32. The summed E-state index contributed by atoms with van der Waals surface area (Å²) in [5.74, 6) is 1.72. The standard InChI is InChI=1S/C20H24N2OS/c1-14-2-4-15(5-3-14)18-8-11-24-19(18)20(23)22-9-6-16-12-21-13-17(16)7-10-22/h2-5,8,11,16-17,21H,6-7,9-10,12-13H2,1H3/t16-,17+. The topological polar surface area (TPSA) is 32.3 Å². The monoisotopic (exact) mass is 340 g/mol. The summed E-state index contributed by atoms with van der Waals surface area (Å²) >= 11 is 1.57. The van der Waals surface area contributed by atoms with Crippen LogP contribution in [0.15, 0.2) is 35.7 Å². The molecule has 126 valence electrons. The van der Waals surface area contributed by atoms with Gasteiger partial charge in [0.05, 0.1) is 4.88 Å². The van der Waals surface area contributed by atoms with Crippen LogP contribution in [0.3, 0.4) is 0 Å². The van der Waals surface area contributed by atoms with Crippen molar-refractivity contribution in [3.05, 3.63) is 46.2 Å². The van der Waals surface area contributed by atoms with Crippen LogP contribution in [0.2, 0.25) is 0 Å². The molecular formula is C20H24N2OS. The second-order valence-electron chi connectivity index (χ2n) is 7.08. The van der Waals surface area contributed by atoms with Crippen molar-refractivity contribution in [2.45, 2.75) is 19.8 Å². The van der Waals surface area contributed by atoms with E-state index in [1.807, 2.05) is 5.38 Å². The van der Waals surface area contributed by atoms with Crippen molar-refractivity contribution in [2.75, 3.05) is 26.2 Å². The lowest BCUT2D eigenvalue weighted by molar-refractivity contribution is 0.0764. The molecule has 0 radical (unpaired) electrons. The molecule has 0 unspecified atom stereocenters. The molecular weight excluding hydrogens is 316 g/mol. The third-order valence-electron chi connectivity index (χ3n) is 5.53. The number of rotatable bonds is 2. The third kappa shape index (κ3) is 3.01. The van der Waals surface area contributed by atoms with Crippen molar-refractivity contribution >= 4 is 17.2 Å². The van der Waals surface area contributed by atoms with Crippen molar-refractivity contribution in [1.82, 2.24) is 10.2 Å². The summed E-state index contributed by atoms with van der Waals surface area (Å²) in [6, 6.07) is 10.5. The molecule has 2 atom stereocenters. The fourth-order valence-electron chi connectivity index (χ4n) is 4.00. The first-order valence-electron chi connectivity index (χ1n) is 8.87. The highest BCUT2D eigenvalue weighted by atomic mass is 32.1. The highest BCUT2D eigenvalue weighted by molar-refractivity contribution is 7.12. The average molecular weight is 340 g/mol. The number of hydrogen-bond donors (Lipinski definition) is 1. The maximum atomic E-state index is 13.1. The summed E-state index contributed by atoms with van der Waals surface area (Å²) < 4.78 is 0. The molecule has 3 heterocycles. The first kappa shape index (κ1) is 15.9. The zero-order chi connectivity index (χ0) is 16.5. The molecule has 1 aromatic carbocycles. The number of aryl methyl sites for hydroxylation is 1. The largest absolute Gasteiger partial charge is 0.338 e. The molecule has 1 aromatic heterocycles. The van der Waals surface area contributed by atoms with Crippen LogP contribution < -0.4 is 5.32 Å². The quantitative estimate of drug-likeness (QED) is 0.902. The van der Waals surface area contributed by atoms with Gasteiger partial charge < -0.3 is 10.2 Å². The zero-order valence-corrected chi connectivity index (χ0v) is 14.9. The molecule has 0 spiro atoms. The van der Waals surface area contributed by atoms with E-state index in [4.69, 9.17) is 0 Å². The minimum Gasteiger partial charge on any atom is -0.338 e. The lowest BCUT2D eigenvalue weighted by Gasteiger charge is -2.21. The van der Waals surface area contributed by atoms with Crippen LogP contribution >= 0.6 is 11.3 Å². The fourth-order valence-corrected chi connectivity index (χ4v) is 4.88. The van der Waals surface area contributed by atoms with Gasteiger partial charge in [0.25, 0.3) is 5.91 Å². The van der Waals surface area contributed by atoms with Gasteiger partial charge >= 0.3 is 0 Å². The minimum atomic E-state index is 0.216. The molecule has 2 aliphatic rings. The molecule has 4 rings (SSSR count). The summed E-state index contributed by atoms with van der Waals surface area (Å²) in [4.78, 5) is 16.1. The molecule has 24 heavy (non-hydrogen) atoms. The average Bonchev–Trinajstić information content (AvgIpc) is 3.21. The SMILES string of the molecule is Cc1ccc(-c2ccsc2C(=O)N2CC[C@@H]3CNC[C@@H]3CC2)cc1. The summed E-state index contributed by atoms with van der Waals surface area (Å²) in [5.41, 5.74) is 3.46. The normalized spacial score (nSPS) is 23.8. The van der Waals surface area contributed by atoms with Crippen LogP contribution in [-0.2, 0) is 0 Å². The van der Waals surface area contributed by atoms with Gasteiger partial charge in [0.15, 0.2) is 0 Å². The van der Waals surface area contributed by atoms with E-state index in [0.29, 0.717) is 0 Å². The van der Waals surface area contributed by atoms with E-state index >= 15 is 0 Å². The number of nitrogens with zero attached hydrogens (tertiary/aromatic N) is 1. The second kappa shape index (κ2) is 6.69. The number of hydrogen-bond acceptors (Lipinski definition) is 3. The number of thiophene rings is 1. The number of fused-ring (bicyclic) bond motifs is 1. The van der Waals surface area contributed by atoms with Gasteiger partial charge in [0.1, 0.15) is 0 Å². The van der Waals surface area contributed by atoms with Gasteiger partial charge in [0.2, 0.25) is 0 Å². The maximum Gasteiger partial charge on any atom is 0.264 e. The molecule has 2 aromatic rings. The summed E-state index contributed by atoms with van der Waals surface area (Å²) in [6.07, 6.45) is 2.27. The van der Waals surface area contributed by atoms with Crippen molar-refractivity contribution in [3.8, 4) is 11.1 Å². The molecule has 0 saturated carbocycles. The van der Waals surface area contributed by atoms with Crippen LogP contribution in [0.4, 0.5) is 0 Å². The lowest BCUT2D eigenvalue weighted by Crippen LogP contribution is -2.32. The number of carbonyl (C=O) groups excluding carboxylic acids is 1. The first-order valence-corrected chi connectivity index (χ1v) is 9.75. The minimum absolute atomic E-state index is 0.216. The number of benzene rings is 1. The zero-order valence-electron chi connectivity index (χ0n) is 14.1. The Bertz CT molecular complexity index is 707. The maximum absolute atomic E-state index is 13.1. The molecule has 3 nitrogen and oxygen atoms in total. The smallest absolute Gasteiger partial charge is 0.264 e. The first-order chi connectivity index (χ1) is 11.7. The predicted molar refractivity (Wildman–Crippen MR) is 99.5 cm³/mol. The van der Waals surface area contributed by atoms with Gasteiger partial charge in [-0.25, -0.2) is 0 Å². The molecule has 2 aliphatic heterocycles. The summed E-state index contributed by atoms with van der Waals surface area (Å²) in [7, 11) is 0. The van der Waals surface area contributed by atoms with E-state index in [-0.39, 0.29) is 5.91 Å². The van der Waals surface area contributed by atoms with E-state index in [9.17, 15) is 4.79 Å². The van der Waals surface area contributed by atoms with Crippen LogP contribution in [0.1, 0.15) is 28.1 Å². The van der Waals surface area contributed by atoms with E-state index in [1.165, 1.54) is 5.56 Å². The number of amides is 1. The van der Waals surface area contributed by atoms with Crippen LogP contribution in [0, 0.1) is 18.8 Å². The van der Waals surface area contributed by atoms with E-state index in [0.717, 1.165) is 66.9 Å². The fraction of sp³-hybridized carbons (Fsp3) is 0.450. The summed E-state index contributed by atoms with van der Waals surface area (Å²) in [5, 5.41) is 5.54. The van der Waals surface area contributed by atoms with Crippen molar-refractivity contribution in [3.63, 3.8) is 0 Å². The Kier molecular flexibility index (Phi) is 4.42. The van der Waals surface area contributed by atoms with Crippen molar-refractivity contribution in [2.24, 2.45) is 11.8 Å². The van der Waals surface area contributed by atoms with Gasteiger partial charge in [-0.15, -0.1) is 11.3 Å². The molecule has 0 aliphatic carbocycles. The molecule has 2 saturated heterocycles. The molecule has 4 heteroatoms. The number of likely N-dealkylation sites (tertiary alicyclic amines) is 1. The second-order valence-corrected chi connectivity index (χ2v) is 7.99. The Morgan fingerprint density at radius 3 is 2.42 bits per heavy atom. The van der Waals surface area contributed by atoms with Crippen LogP contribution in [0.5, 0.6) is 0 Å². The molecule has 1 amide bonds. The summed E-state index contributed by atoms with van der Waals surface area (Å²) in [6.45, 7) is 6.13. The van der Waals surface area contributed by atoms with E-state index in [1.54, 1.807) is 11.3 Å². The third-order valence-corrected chi connectivity index (χ3v) is 6.43. The van der Waals surface area contributed by atoms with Crippen molar-refractivity contribution < 1.29 is 4.79 Å². The van der Waals surface area contributed by atoms with Crippen molar-refractivity contribution in [1.29, 1.82) is 0 Å².